The second-order valence-corrected chi connectivity index (χ2v) is 4.23. The normalized spacial score (nSPS) is 20.6. The second-order valence-electron chi connectivity index (χ2n) is 4.23. The first kappa shape index (κ1) is 14.0. The zero-order valence-electron chi connectivity index (χ0n) is 10.8. The van der Waals surface area contributed by atoms with E-state index >= 15 is 0 Å². The van der Waals surface area contributed by atoms with E-state index < -0.39 is 29.7 Å². The Hall–Kier alpha value is -2.41. The molecule has 1 aromatic rings. The lowest BCUT2D eigenvalue weighted by Gasteiger charge is -2.32. The van der Waals surface area contributed by atoms with Gasteiger partial charge in [0, 0.05) is 0 Å². The smallest absolute Gasteiger partial charge is 0.329 e. The summed E-state index contributed by atoms with van der Waals surface area (Å²) < 4.78 is 4.48. The minimum Gasteiger partial charge on any atom is -0.467 e. The van der Waals surface area contributed by atoms with Crippen LogP contribution in [-0.4, -0.2) is 30.9 Å². The number of carbonyl (C=O) groups is 3. The van der Waals surface area contributed by atoms with E-state index in [9.17, 15) is 14.4 Å². The third-order valence-corrected chi connectivity index (χ3v) is 2.91. The number of esters is 1. The highest BCUT2D eigenvalue weighted by Gasteiger charge is 2.49. The fourth-order valence-corrected chi connectivity index (χ4v) is 1.80. The molecule has 1 aliphatic heterocycles. The maximum atomic E-state index is 11.8. The molecule has 7 heteroatoms. The molecule has 20 heavy (non-hydrogen) atoms. The molecule has 1 heterocycles. The predicted octanol–water partition coefficient (Wildman–Crippen LogP) is -0.478. The zero-order chi connectivity index (χ0) is 14.5. The van der Waals surface area contributed by atoms with E-state index in [4.69, 9.17) is 4.84 Å². The van der Waals surface area contributed by atoms with E-state index in [0.717, 1.165) is 5.56 Å². The molecule has 2 rings (SSSR count). The summed E-state index contributed by atoms with van der Waals surface area (Å²) in [5, 5.41) is 2.30. The molecule has 0 aliphatic carbocycles. The van der Waals surface area contributed by atoms with Crippen LogP contribution >= 0.6 is 0 Å². The molecule has 2 N–H and O–H groups in total. The molecule has 7 nitrogen and oxygen atoms in total. The average molecular weight is 278 g/mol. The van der Waals surface area contributed by atoms with Gasteiger partial charge in [0.25, 0.3) is 5.91 Å². The second kappa shape index (κ2) is 6.16. The number of carbonyl (C=O) groups excluding carboxylic acids is 3. The lowest BCUT2D eigenvalue weighted by molar-refractivity contribution is -0.163. The number of methoxy groups -OCH3 is 1. The Balaban J connectivity index is 1.82. The first-order valence-corrected chi connectivity index (χ1v) is 5.97. The molecule has 1 fully saturated rings. The van der Waals surface area contributed by atoms with Crippen molar-refractivity contribution in [2.75, 3.05) is 7.11 Å². The Morgan fingerprint density at radius 1 is 1.30 bits per heavy atom. The largest absolute Gasteiger partial charge is 0.467 e. The predicted molar refractivity (Wildman–Crippen MR) is 66.8 cm³/mol. The number of rotatable bonds is 5. The third-order valence-electron chi connectivity index (χ3n) is 2.91. The van der Waals surface area contributed by atoms with Gasteiger partial charge in [-0.1, -0.05) is 30.3 Å². The van der Waals surface area contributed by atoms with Gasteiger partial charge in [0.2, 0.25) is 5.91 Å². The highest BCUT2D eigenvalue weighted by Crippen LogP contribution is 2.16. The molecule has 0 saturated carbocycles. The average Bonchev–Trinajstić information content (AvgIpc) is 2.45. The van der Waals surface area contributed by atoms with Crippen molar-refractivity contribution in [3.8, 4) is 0 Å². The number of benzene rings is 1. The molecule has 2 unspecified atom stereocenters. The first-order chi connectivity index (χ1) is 9.63. The molecule has 1 saturated heterocycles. The van der Waals surface area contributed by atoms with Crippen molar-refractivity contribution >= 4 is 17.8 Å². The number of nitrogens with one attached hydrogen (secondary N) is 2. The molecule has 0 spiro atoms. The number of ether oxygens (including phenoxy) is 1. The van der Waals surface area contributed by atoms with Crippen LogP contribution in [0.5, 0.6) is 0 Å². The van der Waals surface area contributed by atoms with E-state index in [1.54, 1.807) is 0 Å². The quantitative estimate of drug-likeness (QED) is 0.328. The van der Waals surface area contributed by atoms with Gasteiger partial charge in [0.05, 0.1) is 13.7 Å². The van der Waals surface area contributed by atoms with Crippen molar-refractivity contribution in [2.45, 2.75) is 12.6 Å². The van der Waals surface area contributed by atoms with Crippen LogP contribution in [0.3, 0.4) is 0 Å². The van der Waals surface area contributed by atoms with Crippen LogP contribution in [0, 0.1) is 5.92 Å². The van der Waals surface area contributed by atoms with Crippen molar-refractivity contribution in [3.63, 3.8) is 0 Å². The van der Waals surface area contributed by atoms with E-state index in [1.165, 1.54) is 7.11 Å². The van der Waals surface area contributed by atoms with Gasteiger partial charge in [-0.2, -0.15) is 0 Å². The molecule has 1 aliphatic rings. The fraction of sp³-hybridized carbons (Fsp3) is 0.308. The minimum atomic E-state index is -1.11. The zero-order valence-corrected chi connectivity index (χ0v) is 10.8. The number of hydrogen-bond donors (Lipinski definition) is 2. The lowest BCUT2D eigenvalue weighted by Crippen LogP contribution is -2.66. The summed E-state index contributed by atoms with van der Waals surface area (Å²) in [4.78, 5) is 39.4. The number of amides is 2. The van der Waals surface area contributed by atoms with Crippen LogP contribution in [-0.2, 0) is 30.6 Å². The maximum absolute atomic E-state index is 11.8. The van der Waals surface area contributed by atoms with Gasteiger partial charge in [0.15, 0.2) is 0 Å². The van der Waals surface area contributed by atoms with Gasteiger partial charge in [-0.05, 0) is 5.56 Å². The van der Waals surface area contributed by atoms with Gasteiger partial charge in [-0.15, -0.1) is 0 Å². The summed E-state index contributed by atoms with van der Waals surface area (Å²) in [5.41, 5.74) is 3.04. The Morgan fingerprint density at radius 2 is 2.00 bits per heavy atom. The van der Waals surface area contributed by atoms with Gasteiger partial charge >= 0.3 is 5.97 Å². The standard InChI is InChI=1S/C13H14N2O5/c1-19-13(18)10-9(11(16)14-10)12(17)15-20-7-8-5-3-2-4-6-8/h2-6,9-10H,7H2,1H3,(H,14,16)(H,15,17). The molecule has 2 atom stereocenters. The summed E-state index contributed by atoms with van der Waals surface area (Å²) >= 11 is 0. The summed E-state index contributed by atoms with van der Waals surface area (Å²) in [6.07, 6.45) is 0. The van der Waals surface area contributed by atoms with E-state index in [1.807, 2.05) is 30.3 Å². The Labute approximate surface area is 115 Å². The minimum absolute atomic E-state index is 0.170. The summed E-state index contributed by atoms with van der Waals surface area (Å²) in [6, 6.07) is 8.26. The Morgan fingerprint density at radius 3 is 2.60 bits per heavy atom. The van der Waals surface area contributed by atoms with Crippen LogP contribution in [0.15, 0.2) is 30.3 Å². The topological polar surface area (TPSA) is 93.7 Å². The SMILES string of the molecule is COC(=O)C1NC(=O)C1C(=O)NOCc1ccccc1. The van der Waals surface area contributed by atoms with Crippen LogP contribution in [0.1, 0.15) is 5.56 Å². The summed E-state index contributed by atoms with van der Waals surface area (Å²) in [7, 11) is 1.19. The number of β-lactam (4-membered cyclic amide) rings is 1. The monoisotopic (exact) mass is 278 g/mol. The molecule has 106 valence electrons. The molecule has 1 aromatic carbocycles. The highest BCUT2D eigenvalue weighted by molar-refractivity contribution is 6.11. The van der Waals surface area contributed by atoms with E-state index in [2.05, 4.69) is 15.5 Å². The van der Waals surface area contributed by atoms with E-state index in [0.29, 0.717) is 0 Å². The number of hydrogen-bond acceptors (Lipinski definition) is 5. The van der Waals surface area contributed by atoms with Crippen LogP contribution in [0.25, 0.3) is 0 Å². The third kappa shape index (κ3) is 2.94. The van der Waals surface area contributed by atoms with Crippen LogP contribution in [0.4, 0.5) is 0 Å². The molecule has 2 amide bonds. The van der Waals surface area contributed by atoms with Crippen molar-refractivity contribution in [3.05, 3.63) is 35.9 Å². The summed E-state index contributed by atoms with van der Waals surface area (Å²) in [6.45, 7) is 0.170. The van der Waals surface area contributed by atoms with Gasteiger partial charge < -0.3 is 10.1 Å². The highest BCUT2D eigenvalue weighted by atomic mass is 16.7. The van der Waals surface area contributed by atoms with Gasteiger partial charge in [0.1, 0.15) is 12.0 Å². The molecular weight excluding hydrogens is 264 g/mol. The molecule has 0 aromatic heterocycles. The summed E-state index contributed by atoms with van der Waals surface area (Å²) in [5.74, 6) is -2.97. The van der Waals surface area contributed by atoms with Crippen LogP contribution in [0.2, 0.25) is 0 Å². The van der Waals surface area contributed by atoms with Crippen molar-refractivity contribution in [1.82, 2.24) is 10.8 Å². The van der Waals surface area contributed by atoms with Gasteiger partial charge in [-0.25, -0.2) is 10.3 Å². The van der Waals surface area contributed by atoms with Crippen molar-refractivity contribution < 1.29 is 24.0 Å². The maximum Gasteiger partial charge on any atom is 0.329 e. The van der Waals surface area contributed by atoms with Gasteiger partial charge in [-0.3, -0.25) is 14.4 Å². The molecular formula is C13H14N2O5. The fourth-order valence-electron chi connectivity index (χ4n) is 1.80. The van der Waals surface area contributed by atoms with Crippen LogP contribution < -0.4 is 10.8 Å². The number of hydroxylamine groups is 1. The Kier molecular flexibility index (Phi) is 4.31. The molecule has 0 radical (unpaired) electrons. The first-order valence-electron chi connectivity index (χ1n) is 5.97. The van der Waals surface area contributed by atoms with Crippen molar-refractivity contribution in [1.29, 1.82) is 0 Å². The molecule has 0 bridgehead atoms. The van der Waals surface area contributed by atoms with E-state index in [-0.39, 0.29) is 6.61 Å². The lowest BCUT2D eigenvalue weighted by atomic mass is 9.90. The van der Waals surface area contributed by atoms with Crippen molar-refractivity contribution in [2.24, 2.45) is 5.92 Å². The Bertz CT molecular complexity index is 517.